The van der Waals surface area contributed by atoms with E-state index in [1.807, 2.05) is 0 Å². The SMILES string of the molecule is N#Cc1c(I)cc(S(=O)(=O)Cl)cc1[N+](=O)[O-]. The molecule has 0 saturated heterocycles. The number of nitriles is 1. The Morgan fingerprint density at radius 1 is 1.50 bits per heavy atom. The Kier molecular flexibility index (Phi) is 3.72. The van der Waals surface area contributed by atoms with Crippen LogP contribution in [-0.2, 0) is 9.05 Å². The summed E-state index contributed by atoms with van der Waals surface area (Å²) in [7, 11) is 1.01. The molecule has 16 heavy (non-hydrogen) atoms. The van der Waals surface area contributed by atoms with E-state index in [0.717, 1.165) is 12.1 Å². The largest absolute Gasteiger partial charge is 0.289 e. The molecule has 0 aliphatic heterocycles. The molecule has 0 aliphatic rings. The quantitative estimate of drug-likeness (QED) is 0.342. The highest BCUT2D eigenvalue weighted by Crippen LogP contribution is 2.28. The summed E-state index contributed by atoms with van der Waals surface area (Å²) in [5.41, 5.74) is -0.761. The van der Waals surface area contributed by atoms with Crippen LogP contribution in [0.4, 0.5) is 5.69 Å². The van der Waals surface area contributed by atoms with Crippen molar-refractivity contribution in [2.24, 2.45) is 0 Å². The molecule has 0 radical (unpaired) electrons. The zero-order chi connectivity index (χ0) is 12.5. The van der Waals surface area contributed by atoms with Crippen LogP contribution in [0, 0.1) is 25.0 Å². The average molecular weight is 373 g/mol. The molecule has 1 rings (SSSR count). The maximum Gasteiger partial charge on any atom is 0.289 e. The van der Waals surface area contributed by atoms with Gasteiger partial charge in [-0.15, -0.1) is 0 Å². The van der Waals surface area contributed by atoms with Crippen molar-refractivity contribution >= 4 is 48.0 Å². The summed E-state index contributed by atoms with van der Waals surface area (Å²) in [6.07, 6.45) is 0. The van der Waals surface area contributed by atoms with Gasteiger partial charge in [-0.2, -0.15) is 5.26 Å². The van der Waals surface area contributed by atoms with Crippen LogP contribution in [0.3, 0.4) is 0 Å². The summed E-state index contributed by atoms with van der Waals surface area (Å²) < 4.78 is 22.2. The van der Waals surface area contributed by atoms with Gasteiger partial charge in [-0.25, -0.2) is 8.42 Å². The van der Waals surface area contributed by atoms with Crippen LogP contribution in [0.1, 0.15) is 5.56 Å². The lowest BCUT2D eigenvalue weighted by Gasteiger charge is -2.01. The van der Waals surface area contributed by atoms with Crippen molar-refractivity contribution in [3.05, 3.63) is 31.4 Å². The lowest BCUT2D eigenvalue weighted by atomic mass is 10.2. The lowest BCUT2D eigenvalue weighted by Crippen LogP contribution is -1.99. The number of nitrogens with zero attached hydrogens (tertiary/aromatic N) is 2. The van der Waals surface area contributed by atoms with Crippen LogP contribution in [0.25, 0.3) is 0 Å². The predicted molar refractivity (Wildman–Crippen MR) is 63.6 cm³/mol. The maximum atomic E-state index is 11.0. The Labute approximate surface area is 109 Å². The molecule has 0 unspecified atom stereocenters. The molecular formula is C7H2ClIN2O4S. The highest BCUT2D eigenvalue weighted by atomic mass is 127. The van der Waals surface area contributed by atoms with Gasteiger partial charge in [0, 0.05) is 20.3 Å². The summed E-state index contributed by atoms with van der Waals surface area (Å²) in [5.74, 6) is 0. The van der Waals surface area contributed by atoms with Crippen LogP contribution < -0.4 is 0 Å². The highest BCUT2D eigenvalue weighted by molar-refractivity contribution is 14.1. The first-order chi connectivity index (χ1) is 7.27. The van der Waals surface area contributed by atoms with Gasteiger partial charge in [0.15, 0.2) is 0 Å². The highest BCUT2D eigenvalue weighted by Gasteiger charge is 2.22. The van der Waals surface area contributed by atoms with Crippen LogP contribution in [0.5, 0.6) is 0 Å². The molecule has 0 spiro atoms. The standard InChI is InChI=1S/C7H2ClIN2O4S/c8-16(14,15)4-1-6(9)5(3-10)7(2-4)11(12)13/h1-2H. The molecule has 0 saturated carbocycles. The number of hydrogen-bond acceptors (Lipinski definition) is 5. The molecular weight excluding hydrogens is 371 g/mol. The van der Waals surface area contributed by atoms with Gasteiger partial charge >= 0.3 is 0 Å². The first kappa shape index (κ1) is 13.1. The molecule has 6 nitrogen and oxygen atoms in total. The molecule has 0 atom stereocenters. The maximum absolute atomic E-state index is 11.0. The van der Waals surface area contributed by atoms with Crippen LogP contribution in [-0.4, -0.2) is 13.3 Å². The Morgan fingerprint density at radius 3 is 2.44 bits per heavy atom. The van der Waals surface area contributed by atoms with Crippen molar-refractivity contribution in [3.8, 4) is 6.07 Å². The Balaban J connectivity index is 3.67. The smallest absolute Gasteiger partial charge is 0.258 e. The fourth-order valence-corrected chi connectivity index (χ4v) is 2.69. The normalized spacial score (nSPS) is 10.8. The van der Waals surface area contributed by atoms with Gasteiger partial charge < -0.3 is 0 Å². The molecule has 1 aromatic rings. The molecule has 0 aliphatic carbocycles. The van der Waals surface area contributed by atoms with Crippen LogP contribution >= 0.6 is 33.3 Å². The van der Waals surface area contributed by atoms with E-state index in [2.05, 4.69) is 0 Å². The van der Waals surface area contributed by atoms with E-state index >= 15 is 0 Å². The van der Waals surface area contributed by atoms with E-state index in [0.29, 0.717) is 0 Å². The number of benzene rings is 1. The van der Waals surface area contributed by atoms with Crippen LogP contribution in [0.2, 0.25) is 0 Å². The van der Waals surface area contributed by atoms with Crippen molar-refractivity contribution < 1.29 is 13.3 Å². The number of hydrogen-bond donors (Lipinski definition) is 0. The fraction of sp³-hybridized carbons (Fsp3) is 0. The minimum atomic E-state index is -4.05. The van der Waals surface area contributed by atoms with Crippen molar-refractivity contribution in [1.29, 1.82) is 5.26 Å². The molecule has 84 valence electrons. The Bertz CT molecular complexity index is 608. The van der Waals surface area contributed by atoms with Crippen LogP contribution in [0.15, 0.2) is 17.0 Å². The number of nitro benzene ring substituents is 1. The topological polar surface area (TPSA) is 101 Å². The lowest BCUT2D eigenvalue weighted by molar-refractivity contribution is -0.385. The zero-order valence-electron chi connectivity index (χ0n) is 7.35. The van der Waals surface area contributed by atoms with E-state index in [1.165, 1.54) is 0 Å². The summed E-state index contributed by atoms with van der Waals surface area (Å²) >= 11 is 1.63. The van der Waals surface area contributed by atoms with E-state index in [4.69, 9.17) is 15.9 Å². The summed E-state index contributed by atoms with van der Waals surface area (Å²) in [4.78, 5) is 9.40. The molecule has 0 amide bonds. The first-order valence-electron chi connectivity index (χ1n) is 3.60. The van der Waals surface area contributed by atoms with Gasteiger partial charge in [-0.1, -0.05) is 0 Å². The summed E-state index contributed by atoms with van der Waals surface area (Å²) in [5, 5.41) is 19.3. The van der Waals surface area contributed by atoms with Gasteiger partial charge in [-0.3, -0.25) is 10.1 Å². The third-order valence-corrected chi connectivity index (χ3v) is 3.82. The second-order valence-corrected chi connectivity index (χ2v) is 6.33. The van der Waals surface area contributed by atoms with E-state index in [9.17, 15) is 18.5 Å². The Morgan fingerprint density at radius 2 is 2.06 bits per heavy atom. The molecule has 0 fully saturated rings. The number of rotatable bonds is 2. The van der Waals surface area contributed by atoms with Crippen molar-refractivity contribution in [1.82, 2.24) is 0 Å². The van der Waals surface area contributed by atoms with Gasteiger partial charge in [0.1, 0.15) is 11.6 Å². The third kappa shape index (κ3) is 2.60. The van der Waals surface area contributed by atoms with Gasteiger partial charge in [0.25, 0.3) is 14.7 Å². The molecule has 0 aromatic heterocycles. The molecule has 0 N–H and O–H groups in total. The van der Waals surface area contributed by atoms with Crippen molar-refractivity contribution in [2.45, 2.75) is 4.90 Å². The zero-order valence-corrected chi connectivity index (χ0v) is 11.1. The van der Waals surface area contributed by atoms with Gasteiger partial charge in [0.05, 0.1) is 9.82 Å². The minimum Gasteiger partial charge on any atom is -0.258 e. The van der Waals surface area contributed by atoms with Crippen molar-refractivity contribution in [3.63, 3.8) is 0 Å². The number of halogens is 2. The Hall–Kier alpha value is -0.920. The van der Waals surface area contributed by atoms with E-state index in [1.54, 1.807) is 28.7 Å². The fourth-order valence-electron chi connectivity index (χ4n) is 0.963. The van der Waals surface area contributed by atoms with Gasteiger partial charge in [-0.05, 0) is 28.7 Å². The third-order valence-electron chi connectivity index (χ3n) is 1.63. The minimum absolute atomic E-state index is 0.161. The molecule has 0 heterocycles. The van der Waals surface area contributed by atoms with Crippen molar-refractivity contribution in [2.75, 3.05) is 0 Å². The van der Waals surface area contributed by atoms with E-state index in [-0.39, 0.29) is 9.13 Å². The monoisotopic (exact) mass is 372 g/mol. The molecule has 1 aromatic carbocycles. The summed E-state index contributed by atoms with van der Waals surface area (Å²) in [6.45, 7) is 0. The van der Waals surface area contributed by atoms with E-state index < -0.39 is 24.6 Å². The molecule has 0 bridgehead atoms. The predicted octanol–water partition coefficient (Wildman–Crippen LogP) is 2.00. The second-order valence-electron chi connectivity index (χ2n) is 2.61. The number of nitro groups is 1. The first-order valence-corrected chi connectivity index (χ1v) is 6.99. The summed E-state index contributed by atoms with van der Waals surface area (Å²) in [6, 6.07) is 3.51. The second kappa shape index (κ2) is 4.52. The molecule has 9 heteroatoms. The van der Waals surface area contributed by atoms with Gasteiger partial charge in [0.2, 0.25) is 0 Å². The average Bonchev–Trinajstić information content (AvgIpc) is 2.14.